The Kier molecular flexibility index (Phi) is 3.92. The highest BCUT2D eigenvalue weighted by Gasteiger charge is 2.51. The molecule has 5 nitrogen and oxygen atoms in total. The SMILES string of the molecule is Cc1nc(-c2cccc(NC(=O)C3C4C=CC(C4)C3C(=O)O)c2)cs1. The number of amides is 1. The van der Waals surface area contributed by atoms with Gasteiger partial charge in [0.2, 0.25) is 5.91 Å². The maximum Gasteiger partial charge on any atom is 0.307 e. The Morgan fingerprint density at radius 2 is 2.00 bits per heavy atom. The van der Waals surface area contributed by atoms with Crippen molar-refractivity contribution in [2.24, 2.45) is 23.7 Å². The smallest absolute Gasteiger partial charge is 0.307 e. The fourth-order valence-corrected chi connectivity index (χ4v) is 4.62. The standard InChI is InChI=1S/C19H18N2O3S/c1-10-20-15(9-25-10)11-3-2-4-14(8-11)21-18(22)16-12-5-6-13(7-12)17(16)19(23)24/h2-6,8-9,12-13,16-17H,7H2,1H3,(H,21,22)(H,23,24). The molecule has 0 spiro atoms. The van der Waals surface area contributed by atoms with Crippen molar-refractivity contribution < 1.29 is 14.7 Å². The first-order valence-corrected chi connectivity index (χ1v) is 9.15. The average Bonchev–Trinajstić information content (AvgIpc) is 3.30. The van der Waals surface area contributed by atoms with Crippen molar-refractivity contribution in [3.05, 3.63) is 46.8 Å². The molecule has 0 saturated heterocycles. The molecule has 1 aromatic heterocycles. The van der Waals surface area contributed by atoms with Crippen LogP contribution in [0.4, 0.5) is 5.69 Å². The van der Waals surface area contributed by atoms with E-state index in [-0.39, 0.29) is 17.7 Å². The summed E-state index contributed by atoms with van der Waals surface area (Å²) in [5.41, 5.74) is 2.48. The number of aliphatic carboxylic acids is 1. The van der Waals surface area contributed by atoms with Crippen LogP contribution in [0.1, 0.15) is 11.4 Å². The highest BCUT2D eigenvalue weighted by atomic mass is 32.1. The van der Waals surface area contributed by atoms with Gasteiger partial charge in [-0.05, 0) is 37.3 Å². The number of aromatic nitrogens is 1. The first-order chi connectivity index (χ1) is 12.0. The summed E-state index contributed by atoms with van der Waals surface area (Å²) < 4.78 is 0. The van der Waals surface area contributed by atoms with Crippen LogP contribution in [0, 0.1) is 30.6 Å². The molecule has 6 heteroatoms. The van der Waals surface area contributed by atoms with Crippen molar-refractivity contribution in [3.63, 3.8) is 0 Å². The number of nitrogens with zero attached hydrogens (tertiary/aromatic N) is 1. The van der Waals surface area contributed by atoms with E-state index in [0.29, 0.717) is 5.69 Å². The molecule has 4 unspecified atom stereocenters. The zero-order valence-corrected chi connectivity index (χ0v) is 14.5. The van der Waals surface area contributed by atoms with Gasteiger partial charge in [0.25, 0.3) is 0 Å². The van der Waals surface area contributed by atoms with E-state index < -0.39 is 17.8 Å². The van der Waals surface area contributed by atoms with Gasteiger partial charge in [0.05, 0.1) is 22.5 Å². The molecule has 2 bridgehead atoms. The highest BCUT2D eigenvalue weighted by Crippen LogP contribution is 2.48. The number of fused-ring (bicyclic) bond motifs is 2. The van der Waals surface area contributed by atoms with Crippen molar-refractivity contribution in [3.8, 4) is 11.3 Å². The minimum atomic E-state index is -0.885. The number of carbonyl (C=O) groups is 2. The molecule has 25 heavy (non-hydrogen) atoms. The fraction of sp³-hybridized carbons (Fsp3) is 0.316. The van der Waals surface area contributed by atoms with Gasteiger partial charge in [0, 0.05) is 16.6 Å². The van der Waals surface area contributed by atoms with E-state index in [0.717, 1.165) is 22.7 Å². The lowest BCUT2D eigenvalue weighted by atomic mass is 9.82. The van der Waals surface area contributed by atoms with Crippen LogP contribution in [0.2, 0.25) is 0 Å². The predicted molar refractivity (Wildman–Crippen MR) is 96.3 cm³/mol. The number of carbonyl (C=O) groups excluding carboxylic acids is 1. The molecule has 2 aliphatic carbocycles. The van der Waals surface area contributed by atoms with E-state index in [1.807, 2.05) is 48.7 Å². The average molecular weight is 354 g/mol. The number of rotatable bonds is 4. The molecule has 2 aromatic rings. The molecule has 4 rings (SSSR count). The number of benzene rings is 1. The predicted octanol–water partition coefficient (Wildman–Crippen LogP) is 3.58. The summed E-state index contributed by atoms with van der Waals surface area (Å²) in [7, 11) is 0. The topological polar surface area (TPSA) is 79.3 Å². The van der Waals surface area contributed by atoms with Gasteiger partial charge in [0.15, 0.2) is 0 Å². The monoisotopic (exact) mass is 354 g/mol. The summed E-state index contributed by atoms with van der Waals surface area (Å²) in [6, 6.07) is 7.52. The molecule has 1 saturated carbocycles. The third kappa shape index (κ3) is 2.87. The summed E-state index contributed by atoms with van der Waals surface area (Å²) in [6.45, 7) is 1.95. The molecule has 1 heterocycles. The normalized spacial score (nSPS) is 26.8. The summed E-state index contributed by atoms with van der Waals surface area (Å²) in [4.78, 5) is 28.8. The van der Waals surface area contributed by atoms with Gasteiger partial charge < -0.3 is 10.4 Å². The van der Waals surface area contributed by atoms with Crippen molar-refractivity contribution >= 4 is 28.9 Å². The van der Waals surface area contributed by atoms with Gasteiger partial charge in [-0.3, -0.25) is 9.59 Å². The Morgan fingerprint density at radius 1 is 1.24 bits per heavy atom. The molecule has 2 N–H and O–H groups in total. The van der Waals surface area contributed by atoms with E-state index in [2.05, 4.69) is 10.3 Å². The lowest BCUT2D eigenvalue weighted by Crippen LogP contribution is -2.36. The number of anilines is 1. The molecule has 1 amide bonds. The molecule has 1 aromatic carbocycles. The van der Waals surface area contributed by atoms with E-state index in [1.54, 1.807) is 11.3 Å². The summed E-state index contributed by atoms with van der Waals surface area (Å²) in [5, 5.41) is 15.4. The van der Waals surface area contributed by atoms with Crippen molar-refractivity contribution in [2.75, 3.05) is 5.32 Å². The van der Waals surface area contributed by atoms with Gasteiger partial charge in [0.1, 0.15) is 0 Å². The number of carboxylic acid groups (broad SMARTS) is 1. The Bertz CT molecular complexity index is 873. The van der Waals surface area contributed by atoms with Crippen LogP contribution >= 0.6 is 11.3 Å². The molecule has 2 aliphatic rings. The van der Waals surface area contributed by atoms with Crippen molar-refractivity contribution in [2.45, 2.75) is 13.3 Å². The maximum atomic E-state index is 12.7. The van der Waals surface area contributed by atoms with E-state index >= 15 is 0 Å². The van der Waals surface area contributed by atoms with Crippen molar-refractivity contribution in [1.82, 2.24) is 4.98 Å². The zero-order valence-electron chi connectivity index (χ0n) is 13.7. The number of allylic oxidation sites excluding steroid dienone is 2. The van der Waals surface area contributed by atoms with E-state index in [9.17, 15) is 14.7 Å². The van der Waals surface area contributed by atoms with E-state index in [4.69, 9.17) is 0 Å². The van der Waals surface area contributed by atoms with Crippen LogP contribution in [-0.4, -0.2) is 22.0 Å². The Labute approximate surface area is 149 Å². The highest BCUT2D eigenvalue weighted by molar-refractivity contribution is 7.09. The molecule has 128 valence electrons. The summed E-state index contributed by atoms with van der Waals surface area (Å²) >= 11 is 1.58. The second-order valence-electron chi connectivity index (χ2n) is 6.66. The second kappa shape index (κ2) is 6.11. The van der Waals surface area contributed by atoms with Gasteiger partial charge >= 0.3 is 5.97 Å². The molecule has 1 fully saturated rings. The number of thiazole rings is 1. The number of nitrogens with one attached hydrogen (secondary N) is 1. The number of hydrogen-bond donors (Lipinski definition) is 2. The first kappa shape index (κ1) is 16.0. The largest absolute Gasteiger partial charge is 0.481 e. The van der Waals surface area contributed by atoms with Gasteiger partial charge in [-0.15, -0.1) is 11.3 Å². The molecular weight excluding hydrogens is 336 g/mol. The summed E-state index contributed by atoms with van der Waals surface area (Å²) in [5.74, 6) is -2.23. The lowest BCUT2D eigenvalue weighted by Gasteiger charge is -2.23. The lowest BCUT2D eigenvalue weighted by molar-refractivity contribution is -0.146. The third-order valence-electron chi connectivity index (χ3n) is 5.09. The number of carboxylic acids is 1. The Balaban J connectivity index is 1.55. The molecular formula is C19H18N2O3S. The van der Waals surface area contributed by atoms with E-state index in [1.165, 1.54) is 0 Å². The van der Waals surface area contributed by atoms with Gasteiger partial charge in [-0.2, -0.15) is 0 Å². The molecule has 0 aliphatic heterocycles. The summed E-state index contributed by atoms with van der Waals surface area (Å²) in [6.07, 6.45) is 4.69. The quantitative estimate of drug-likeness (QED) is 0.823. The molecule has 0 radical (unpaired) electrons. The third-order valence-corrected chi connectivity index (χ3v) is 5.87. The van der Waals surface area contributed by atoms with Crippen LogP contribution in [0.5, 0.6) is 0 Å². The zero-order chi connectivity index (χ0) is 17.6. The minimum absolute atomic E-state index is 0.0236. The Morgan fingerprint density at radius 3 is 2.68 bits per heavy atom. The minimum Gasteiger partial charge on any atom is -0.481 e. The van der Waals surface area contributed by atoms with Crippen LogP contribution in [0.15, 0.2) is 41.8 Å². The first-order valence-electron chi connectivity index (χ1n) is 8.27. The van der Waals surface area contributed by atoms with Gasteiger partial charge in [-0.1, -0.05) is 24.3 Å². The Hall–Kier alpha value is -2.47. The number of hydrogen-bond acceptors (Lipinski definition) is 4. The maximum absolute atomic E-state index is 12.7. The van der Waals surface area contributed by atoms with Gasteiger partial charge in [-0.25, -0.2) is 4.98 Å². The molecule has 4 atom stereocenters. The number of aryl methyl sites for hydroxylation is 1. The van der Waals surface area contributed by atoms with Crippen LogP contribution in [0.25, 0.3) is 11.3 Å². The van der Waals surface area contributed by atoms with Crippen LogP contribution in [-0.2, 0) is 9.59 Å². The second-order valence-corrected chi connectivity index (χ2v) is 7.72. The van der Waals surface area contributed by atoms with Crippen LogP contribution in [0.3, 0.4) is 0 Å². The van der Waals surface area contributed by atoms with Crippen LogP contribution < -0.4 is 5.32 Å². The van der Waals surface area contributed by atoms with Crippen molar-refractivity contribution in [1.29, 1.82) is 0 Å². The fourth-order valence-electron chi connectivity index (χ4n) is 3.99.